The molecule has 2 nitrogen and oxygen atoms in total. The topological polar surface area (TPSA) is 29.1 Å². The fourth-order valence-electron chi connectivity index (χ4n) is 1.28. The highest BCUT2D eigenvalue weighted by molar-refractivity contribution is 9.09. The number of nitrogens with one attached hydrogen (secondary N) is 1. The van der Waals surface area contributed by atoms with Crippen molar-refractivity contribution in [1.29, 1.82) is 0 Å². The standard InChI is InChI=1S/C13H18BrNO/c1-10(14)13(2,3)15-12(16)9-11-7-5-4-6-8-11/h4-8,10H,9H2,1-3H3,(H,15,16). The Balaban J connectivity index is 2.55. The minimum absolute atomic E-state index is 0.0579. The highest BCUT2D eigenvalue weighted by atomic mass is 79.9. The zero-order chi connectivity index (χ0) is 12.2. The number of alkyl halides is 1. The number of halogens is 1. The second-order valence-electron chi connectivity index (χ2n) is 4.55. The van der Waals surface area contributed by atoms with Gasteiger partial charge in [0.25, 0.3) is 0 Å². The maximum atomic E-state index is 11.8. The lowest BCUT2D eigenvalue weighted by atomic mass is 10.0. The lowest BCUT2D eigenvalue weighted by molar-refractivity contribution is -0.121. The van der Waals surface area contributed by atoms with Crippen LogP contribution in [0.3, 0.4) is 0 Å². The van der Waals surface area contributed by atoms with Crippen LogP contribution in [0.1, 0.15) is 26.3 Å². The quantitative estimate of drug-likeness (QED) is 0.846. The van der Waals surface area contributed by atoms with Gasteiger partial charge in [-0.25, -0.2) is 0 Å². The molecule has 0 radical (unpaired) electrons. The number of amides is 1. The van der Waals surface area contributed by atoms with E-state index in [1.54, 1.807) is 0 Å². The Morgan fingerprint density at radius 3 is 2.44 bits per heavy atom. The van der Waals surface area contributed by atoms with Crippen LogP contribution in [-0.2, 0) is 11.2 Å². The third kappa shape index (κ3) is 3.97. The van der Waals surface area contributed by atoms with E-state index in [-0.39, 0.29) is 16.3 Å². The fraction of sp³-hybridized carbons (Fsp3) is 0.462. The summed E-state index contributed by atoms with van der Waals surface area (Å²) in [4.78, 5) is 12.0. The van der Waals surface area contributed by atoms with Gasteiger partial charge in [-0.1, -0.05) is 53.2 Å². The van der Waals surface area contributed by atoms with Crippen LogP contribution in [0.15, 0.2) is 30.3 Å². The van der Waals surface area contributed by atoms with Gasteiger partial charge in [-0.05, 0) is 19.4 Å². The number of hydrogen-bond donors (Lipinski definition) is 1. The Morgan fingerprint density at radius 1 is 1.38 bits per heavy atom. The second kappa shape index (κ2) is 5.48. The molecule has 1 rings (SSSR count). The average Bonchev–Trinajstić information content (AvgIpc) is 2.17. The molecule has 1 N–H and O–H groups in total. The average molecular weight is 284 g/mol. The molecule has 0 aliphatic rings. The zero-order valence-electron chi connectivity index (χ0n) is 9.96. The fourth-order valence-corrected chi connectivity index (χ4v) is 1.40. The Morgan fingerprint density at radius 2 is 1.94 bits per heavy atom. The van der Waals surface area contributed by atoms with Gasteiger partial charge in [0.15, 0.2) is 0 Å². The second-order valence-corrected chi connectivity index (χ2v) is 5.92. The summed E-state index contributed by atoms with van der Waals surface area (Å²) in [6.45, 7) is 6.05. The number of hydrogen-bond acceptors (Lipinski definition) is 1. The molecule has 1 atom stereocenters. The van der Waals surface area contributed by atoms with E-state index in [0.29, 0.717) is 6.42 Å². The molecular formula is C13H18BrNO. The Bertz CT molecular complexity index is 346. The van der Waals surface area contributed by atoms with Crippen molar-refractivity contribution in [3.05, 3.63) is 35.9 Å². The van der Waals surface area contributed by atoms with Gasteiger partial charge in [0, 0.05) is 10.4 Å². The lowest BCUT2D eigenvalue weighted by Gasteiger charge is -2.29. The number of rotatable bonds is 4. The van der Waals surface area contributed by atoms with Gasteiger partial charge in [-0.3, -0.25) is 4.79 Å². The molecule has 1 aromatic rings. The minimum Gasteiger partial charge on any atom is -0.350 e. The van der Waals surface area contributed by atoms with E-state index in [0.717, 1.165) is 5.56 Å². The highest BCUT2D eigenvalue weighted by Crippen LogP contribution is 2.16. The third-order valence-corrected chi connectivity index (χ3v) is 3.81. The van der Waals surface area contributed by atoms with E-state index >= 15 is 0 Å². The van der Waals surface area contributed by atoms with E-state index in [2.05, 4.69) is 21.2 Å². The van der Waals surface area contributed by atoms with Crippen LogP contribution in [0, 0.1) is 0 Å². The van der Waals surface area contributed by atoms with E-state index < -0.39 is 0 Å². The van der Waals surface area contributed by atoms with Gasteiger partial charge in [-0.15, -0.1) is 0 Å². The predicted molar refractivity (Wildman–Crippen MR) is 70.8 cm³/mol. The maximum Gasteiger partial charge on any atom is 0.224 e. The molecule has 0 heterocycles. The van der Waals surface area contributed by atoms with Crippen molar-refractivity contribution in [2.24, 2.45) is 0 Å². The normalized spacial score (nSPS) is 13.2. The Hall–Kier alpha value is -0.830. The maximum absolute atomic E-state index is 11.8. The minimum atomic E-state index is -0.230. The largest absolute Gasteiger partial charge is 0.350 e. The zero-order valence-corrected chi connectivity index (χ0v) is 11.5. The molecule has 0 fully saturated rings. The van der Waals surface area contributed by atoms with Crippen LogP contribution in [-0.4, -0.2) is 16.3 Å². The third-order valence-electron chi connectivity index (χ3n) is 2.66. The molecule has 0 saturated heterocycles. The van der Waals surface area contributed by atoms with Crippen LogP contribution in [0.2, 0.25) is 0 Å². The Labute approximate surface area is 106 Å². The highest BCUT2D eigenvalue weighted by Gasteiger charge is 2.25. The first kappa shape index (κ1) is 13.2. The van der Waals surface area contributed by atoms with E-state index in [1.165, 1.54) is 0 Å². The number of benzene rings is 1. The molecule has 1 unspecified atom stereocenters. The van der Waals surface area contributed by atoms with E-state index in [9.17, 15) is 4.79 Å². The first-order valence-electron chi connectivity index (χ1n) is 5.41. The summed E-state index contributed by atoms with van der Waals surface area (Å²) in [7, 11) is 0. The monoisotopic (exact) mass is 283 g/mol. The van der Waals surface area contributed by atoms with Gasteiger partial charge in [0.05, 0.1) is 6.42 Å². The molecule has 0 saturated carbocycles. The van der Waals surface area contributed by atoms with Gasteiger partial charge in [0.1, 0.15) is 0 Å². The summed E-state index contributed by atoms with van der Waals surface area (Å²) >= 11 is 3.50. The molecule has 0 spiro atoms. The summed E-state index contributed by atoms with van der Waals surface area (Å²) in [5, 5.41) is 3.02. The van der Waals surface area contributed by atoms with Crippen LogP contribution < -0.4 is 5.32 Å². The van der Waals surface area contributed by atoms with E-state index in [1.807, 2.05) is 51.1 Å². The van der Waals surface area contributed by atoms with Crippen molar-refractivity contribution in [2.75, 3.05) is 0 Å². The summed E-state index contributed by atoms with van der Waals surface area (Å²) in [5.41, 5.74) is 0.810. The van der Waals surface area contributed by atoms with Crippen LogP contribution in [0.25, 0.3) is 0 Å². The van der Waals surface area contributed by atoms with Gasteiger partial charge >= 0.3 is 0 Å². The molecule has 0 aromatic heterocycles. The number of carbonyl (C=O) groups excluding carboxylic acids is 1. The van der Waals surface area contributed by atoms with E-state index in [4.69, 9.17) is 0 Å². The molecular weight excluding hydrogens is 266 g/mol. The molecule has 0 aliphatic carbocycles. The molecule has 1 aromatic carbocycles. The molecule has 3 heteroatoms. The van der Waals surface area contributed by atoms with Gasteiger partial charge < -0.3 is 5.32 Å². The van der Waals surface area contributed by atoms with Crippen molar-refractivity contribution in [1.82, 2.24) is 5.32 Å². The lowest BCUT2D eigenvalue weighted by Crippen LogP contribution is -2.49. The first-order chi connectivity index (χ1) is 7.42. The van der Waals surface area contributed by atoms with Crippen molar-refractivity contribution < 1.29 is 4.79 Å². The molecule has 16 heavy (non-hydrogen) atoms. The van der Waals surface area contributed by atoms with Crippen molar-refractivity contribution in [3.8, 4) is 0 Å². The Kier molecular flexibility index (Phi) is 4.54. The van der Waals surface area contributed by atoms with Crippen molar-refractivity contribution >= 4 is 21.8 Å². The van der Waals surface area contributed by atoms with Crippen molar-refractivity contribution in [3.63, 3.8) is 0 Å². The summed E-state index contributed by atoms with van der Waals surface area (Å²) in [5.74, 6) is 0.0579. The summed E-state index contributed by atoms with van der Waals surface area (Å²) < 4.78 is 0. The number of carbonyl (C=O) groups is 1. The SMILES string of the molecule is CC(Br)C(C)(C)NC(=O)Cc1ccccc1. The smallest absolute Gasteiger partial charge is 0.224 e. The van der Waals surface area contributed by atoms with Crippen LogP contribution in [0.5, 0.6) is 0 Å². The summed E-state index contributed by atoms with van der Waals surface area (Å²) in [6.07, 6.45) is 0.435. The predicted octanol–water partition coefficient (Wildman–Crippen LogP) is 2.91. The van der Waals surface area contributed by atoms with Gasteiger partial charge in [-0.2, -0.15) is 0 Å². The molecule has 0 bridgehead atoms. The van der Waals surface area contributed by atoms with Gasteiger partial charge in [0.2, 0.25) is 5.91 Å². The molecule has 1 amide bonds. The first-order valence-corrected chi connectivity index (χ1v) is 6.32. The molecule has 88 valence electrons. The van der Waals surface area contributed by atoms with Crippen LogP contribution >= 0.6 is 15.9 Å². The summed E-state index contributed by atoms with van der Waals surface area (Å²) in [6, 6.07) is 9.77. The molecule has 0 aliphatic heterocycles. The van der Waals surface area contributed by atoms with Crippen LogP contribution in [0.4, 0.5) is 0 Å². The van der Waals surface area contributed by atoms with Crippen molar-refractivity contribution in [2.45, 2.75) is 37.6 Å².